The summed E-state index contributed by atoms with van der Waals surface area (Å²) in [6.45, 7) is 11.7. The van der Waals surface area contributed by atoms with E-state index in [1.54, 1.807) is 11.3 Å². The highest BCUT2D eigenvalue weighted by molar-refractivity contribution is 7.13. The summed E-state index contributed by atoms with van der Waals surface area (Å²) in [7, 11) is 0. The first-order chi connectivity index (χ1) is 17.3. The van der Waals surface area contributed by atoms with E-state index in [0.29, 0.717) is 12.5 Å². The van der Waals surface area contributed by atoms with Crippen LogP contribution in [0.3, 0.4) is 0 Å². The van der Waals surface area contributed by atoms with Crippen molar-refractivity contribution in [1.82, 2.24) is 14.5 Å². The minimum absolute atomic E-state index is 0.146. The smallest absolute Gasteiger partial charge is 0.410 e. The minimum atomic E-state index is -0.409. The van der Waals surface area contributed by atoms with Gasteiger partial charge in [0.15, 0.2) is 5.13 Å². The Labute approximate surface area is 218 Å². The van der Waals surface area contributed by atoms with Crippen molar-refractivity contribution in [3.05, 3.63) is 71.0 Å². The van der Waals surface area contributed by atoms with Gasteiger partial charge in [0, 0.05) is 36.9 Å². The van der Waals surface area contributed by atoms with E-state index in [2.05, 4.69) is 47.4 Å². The molecule has 1 aliphatic rings. The normalized spacial score (nSPS) is 14.9. The summed E-state index contributed by atoms with van der Waals surface area (Å²) < 4.78 is 13.9. The molecule has 0 radical (unpaired) electrons. The number of ether oxygens (including phenoxy) is 2. The van der Waals surface area contributed by atoms with Gasteiger partial charge in [-0.3, -0.25) is 0 Å². The lowest BCUT2D eigenvalue weighted by Crippen LogP contribution is -2.39. The molecule has 3 heterocycles. The fraction of sp³-hybridized carbons (Fsp3) is 0.500. The lowest BCUT2D eigenvalue weighted by Gasteiger charge is -2.31. The van der Waals surface area contributed by atoms with Crippen molar-refractivity contribution < 1.29 is 14.3 Å². The van der Waals surface area contributed by atoms with Crippen molar-refractivity contribution in [3.63, 3.8) is 0 Å². The monoisotopic (exact) mass is 510 g/mol. The molecule has 36 heavy (non-hydrogen) atoms. The van der Waals surface area contributed by atoms with Crippen LogP contribution < -0.4 is 5.32 Å². The number of amides is 1. The molecule has 0 saturated carbocycles. The van der Waals surface area contributed by atoms with E-state index in [0.717, 1.165) is 55.4 Å². The number of piperidine rings is 1. The van der Waals surface area contributed by atoms with Crippen molar-refractivity contribution in [2.75, 3.05) is 18.4 Å². The van der Waals surface area contributed by atoms with Gasteiger partial charge >= 0.3 is 6.09 Å². The van der Waals surface area contributed by atoms with Gasteiger partial charge in [0.1, 0.15) is 12.2 Å². The molecule has 0 aliphatic carbocycles. The number of aromatic nitrogens is 2. The molecule has 0 unspecified atom stereocenters. The molecule has 8 heteroatoms. The maximum atomic E-state index is 12.5. The van der Waals surface area contributed by atoms with Crippen LogP contribution in [0.4, 0.5) is 9.93 Å². The molecule has 194 valence electrons. The van der Waals surface area contributed by atoms with Gasteiger partial charge in [0.25, 0.3) is 0 Å². The molecule has 1 aliphatic heterocycles. The van der Waals surface area contributed by atoms with Gasteiger partial charge in [-0.1, -0.05) is 30.3 Å². The van der Waals surface area contributed by atoms with Gasteiger partial charge in [-0.25, -0.2) is 9.78 Å². The van der Waals surface area contributed by atoms with Crippen molar-refractivity contribution in [2.45, 2.75) is 71.9 Å². The summed E-state index contributed by atoms with van der Waals surface area (Å²) in [6, 6.07) is 14.1. The van der Waals surface area contributed by atoms with Gasteiger partial charge in [-0.15, -0.1) is 11.3 Å². The van der Waals surface area contributed by atoms with E-state index >= 15 is 0 Å². The fourth-order valence-corrected chi connectivity index (χ4v) is 5.49. The van der Waals surface area contributed by atoms with Gasteiger partial charge in [0.05, 0.1) is 18.3 Å². The molecule has 3 aromatic rings. The lowest BCUT2D eigenvalue weighted by atomic mass is 9.97. The molecule has 4 rings (SSSR count). The first-order valence-electron chi connectivity index (χ1n) is 12.8. The third-order valence-corrected chi connectivity index (χ3v) is 7.33. The van der Waals surface area contributed by atoms with Crippen molar-refractivity contribution in [3.8, 4) is 0 Å². The van der Waals surface area contributed by atoms with E-state index in [1.165, 1.54) is 5.69 Å². The van der Waals surface area contributed by atoms with E-state index in [4.69, 9.17) is 14.5 Å². The molecular weight excluding hydrogens is 472 g/mol. The van der Waals surface area contributed by atoms with E-state index in [1.807, 2.05) is 49.1 Å². The zero-order chi connectivity index (χ0) is 25.5. The molecular formula is C28H38N4O3S. The topological polar surface area (TPSA) is 68.6 Å². The molecule has 0 bridgehead atoms. The van der Waals surface area contributed by atoms with Gasteiger partial charge in [-0.2, -0.15) is 0 Å². The van der Waals surface area contributed by atoms with Gasteiger partial charge in [-0.05, 0) is 64.2 Å². The van der Waals surface area contributed by atoms with Crippen LogP contribution in [0.25, 0.3) is 0 Å². The number of anilines is 1. The molecule has 0 atom stereocenters. The predicted molar refractivity (Wildman–Crippen MR) is 144 cm³/mol. The average Bonchev–Trinajstić information content (AvgIpc) is 3.51. The molecule has 1 saturated heterocycles. The number of carbonyl (C=O) groups excluding carboxylic acids is 1. The number of thiazole rings is 1. The maximum Gasteiger partial charge on any atom is 0.410 e. The molecule has 1 N–H and O–H groups in total. The Hall–Kier alpha value is -2.84. The minimum Gasteiger partial charge on any atom is -0.445 e. The highest BCUT2D eigenvalue weighted by Crippen LogP contribution is 2.29. The average molecular weight is 511 g/mol. The highest BCUT2D eigenvalue weighted by atomic mass is 32.1. The number of carbonyl (C=O) groups is 1. The summed E-state index contributed by atoms with van der Waals surface area (Å²) in [5.41, 5.74) is 2.78. The summed E-state index contributed by atoms with van der Waals surface area (Å²) in [6.07, 6.45) is 4.03. The van der Waals surface area contributed by atoms with Crippen LogP contribution >= 0.6 is 11.3 Å². The van der Waals surface area contributed by atoms with Crippen LogP contribution in [0.2, 0.25) is 0 Å². The number of hydrogen-bond donors (Lipinski definition) is 1. The Bertz CT molecular complexity index is 1100. The van der Waals surface area contributed by atoms with E-state index in [-0.39, 0.29) is 12.2 Å². The number of rotatable bonds is 10. The Kier molecular flexibility index (Phi) is 8.69. The summed E-state index contributed by atoms with van der Waals surface area (Å²) in [4.78, 5) is 19.1. The standard InChI is InChI=1S/C28H38N4O3S/c1-21(2)35-28(3,4)25-20-36-26(30-25)29-17-24-11-8-14-32(24)18-22-12-15-31(16-13-22)27(33)34-19-23-9-6-5-7-10-23/h5-11,14,20-22H,12-13,15-19H2,1-4H3,(H,29,30). The van der Waals surface area contributed by atoms with Crippen molar-refractivity contribution in [2.24, 2.45) is 5.92 Å². The second-order valence-electron chi connectivity index (χ2n) is 10.2. The van der Waals surface area contributed by atoms with E-state index in [9.17, 15) is 4.79 Å². The zero-order valence-electron chi connectivity index (χ0n) is 21.8. The van der Waals surface area contributed by atoms with Crippen LogP contribution in [0.15, 0.2) is 54.0 Å². The lowest BCUT2D eigenvalue weighted by molar-refractivity contribution is -0.0623. The number of hydrogen-bond acceptors (Lipinski definition) is 6. The Balaban J connectivity index is 1.23. The van der Waals surface area contributed by atoms with Gasteiger partial charge in [0.2, 0.25) is 0 Å². The molecule has 1 aromatic carbocycles. The summed E-state index contributed by atoms with van der Waals surface area (Å²) in [5, 5.41) is 6.46. The largest absolute Gasteiger partial charge is 0.445 e. The molecule has 1 amide bonds. The number of benzene rings is 1. The third kappa shape index (κ3) is 7.11. The molecule has 7 nitrogen and oxygen atoms in total. The second-order valence-corrected chi connectivity index (χ2v) is 11.0. The molecule has 0 spiro atoms. The van der Waals surface area contributed by atoms with Crippen LogP contribution in [0.5, 0.6) is 0 Å². The number of likely N-dealkylation sites (tertiary alicyclic amines) is 1. The van der Waals surface area contributed by atoms with Crippen LogP contribution in [0.1, 0.15) is 57.5 Å². The number of nitrogens with one attached hydrogen (secondary N) is 1. The zero-order valence-corrected chi connectivity index (χ0v) is 22.6. The molecule has 2 aromatic heterocycles. The molecule has 1 fully saturated rings. The first kappa shape index (κ1) is 26.2. The number of nitrogens with zero attached hydrogens (tertiary/aromatic N) is 3. The third-order valence-electron chi connectivity index (χ3n) is 6.53. The quantitative estimate of drug-likeness (QED) is 0.348. The highest BCUT2D eigenvalue weighted by Gasteiger charge is 2.26. The van der Waals surface area contributed by atoms with Crippen LogP contribution in [-0.4, -0.2) is 39.7 Å². The van der Waals surface area contributed by atoms with Gasteiger partial charge < -0.3 is 24.3 Å². The Morgan fingerprint density at radius 3 is 2.64 bits per heavy atom. The first-order valence-corrected chi connectivity index (χ1v) is 13.7. The van der Waals surface area contributed by atoms with Crippen LogP contribution in [0, 0.1) is 5.92 Å². The predicted octanol–water partition coefficient (Wildman–Crippen LogP) is 6.27. The fourth-order valence-electron chi connectivity index (χ4n) is 4.62. The van der Waals surface area contributed by atoms with Crippen molar-refractivity contribution >= 4 is 22.6 Å². The van der Waals surface area contributed by atoms with Crippen molar-refractivity contribution in [1.29, 1.82) is 0 Å². The summed E-state index contributed by atoms with van der Waals surface area (Å²) >= 11 is 1.61. The maximum absolute atomic E-state index is 12.5. The SMILES string of the molecule is CC(C)OC(C)(C)c1csc(NCc2cccn2CC2CCN(C(=O)OCc3ccccc3)CC2)n1. The van der Waals surface area contributed by atoms with Crippen LogP contribution in [-0.2, 0) is 34.8 Å². The Morgan fingerprint density at radius 2 is 1.92 bits per heavy atom. The Morgan fingerprint density at radius 1 is 1.17 bits per heavy atom. The van der Waals surface area contributed by atoms with E-state index < -0.39 is 5.60 Å². The summed E-state index contributed by atoms with van der Waals surface area (Å²) in [5.74, 6) is 0.537. The second kappa shape index (κ2) is 11.9.